The molecule has 1 heterocycles. The molecule has 1 rings (SSSR count). The van der Waals surface area contributed by atoms with Crippen molar-refractivity contribution in [2.75, 3.05) is 6.54 Å². The molecular formula is C12H23NO2. The van der Waals surface area contributed by atoms with E-state index in [2.05, 4.69) is 18.7 Å². The van der Waals surface area contributed by atoms with Crippen molar-refractivity contribution in [3.63, 3.8) is 0 Å². The number of nitrogens with zero attached hydrogens (tertiary/aromatic N) is 1. The fourth-order valence-corrected chi connectivity index (χ4v) is 2.42. The van der Waals surface area contributed by atoms with Gasteiger partial charge in [0.05, 0.1) is 0 Å². The van der Waals surface area contributed by atoms with Crippen molar-refractivity contribution in [2.45, 2.75) is 64.6 Å². The first-order valence-corrected chi connectivity index (χ1v) is 6.02. The van der Waals surface area contributed by atoms with Crippen LogP contribution in [0.25, 0.3) is 0 Å². The first-order valence-electron chi connectivity index (χ1n) is 6.02. The summed E-state index contributed by atoms with van der Waals surface area (Å²) in [6.07, 6.45) is 2.61. The number of hydrogen-bond acceptors (Lipinski definition) is 3. The Morgan fingerprint density at radius 3 is 2.73 bits per heavy atom. The summed E-state index contributed by atoms with van der Waals surface area (Å²) in [5.74, 6) is -0.0226. The fraction of sp³-hybridized carbons (Fsp3) is 0.917. The van der Waals surface area contributed by atoms with Gasteiger partial charge in [0.15, 0.2) is 5.78 Å². The van der Waals surface area contributed by atoms with Crippen LogP contribution in [0.15, 0.2) is 0 Å². The summed E-state index contributed by atoms with van der Waals surface area (Å²) in [5.41, 5.74) is 0. The first-order chi connectivity index (χ1) is 7.06. The highest BCUT2D eigenvalue weighted by molar-refractivity contribution is 5.82. The van der Waals surface area contributed by atoms with Gasteiger partial charge < -0.3 is 5.11 Å². The molecule has 0 saturated carbocycles. The summed E-state index contributed by atoms with van der Waals surface area (Å²) in [7, 11) is 0. The second kappa shape index (κ2) is 5.61. The third-order valence-corrected chi connectivity index (χ3v) is 3.30. The number of carbonyl (C=O) groups is 1. The summed E-state index contributed by atoms with van der Waals surface area (Å²) < 4.78 is 0. The molecule has 0 bridgehead atoms. The molecule has 3 heteroatoms. The average molecular weight is 213 g/mol. The number of carbonyl (C=O) groups excluding carboxylic acids is 1. The SMILES string of the molecule is CCC(=O)[C@@H](O)C[C@@H]1CCCN1C(C)C. The molecule has 0 aromatic heterocycles. The predicted octanol–water partition coefficient (Wildman–Crippen LogP) is 1.59. The van der Waals surface area contributed by atoms with Crippen LogP contribution in [0, 0.1) is 0 Å². The maximum Gasteiger partial charge on any atom is 0.161 e. The lowest BCUT2D eigenvalue weighted by atomic mass is 10.0. The van der Waals surface area contributed by atoms with Gasteiger partial charge in [-0.1, -0.05) is 6.92 Å². The van der Waals surface area contributed by atoms with Crippen LogP contribution in [-0.4, -0.2) is 40.5 Å². The van der Waals surface area contributed by atoms with Gasteiger partial charge >= 0.3 is 0 Å². The normalized spacial score (nSPS) is 24.7. The van der Waals surface area contributed by atoms with E-state index in [0.717, 1.165) is 13.0 Å². The van der Waals surface area contributed by atoms with E-state index in [-0.39, 0.29) is 5.78 Å². The molecular weight excluding hydrogens is 190 g/mol. The van der Waals surface area contributed by atoms with Gasteiger partial charge in [0, 0.05) is 18.5 Å². The van der Waals surface area contributed by atoms with Crippen LogP contribution >= 0.6 is 0 Å². The minimum atomic E-state index is -0.751. The summed E-state index contributed by atoms with van der Waals surface area (Å²) in [5, 5.41) is 9.70. The molecule has 0 radical (unpaired) electrons. The van der Waals surface area contributed by atoms with Crippen LogP contribution < -0.4 is 0 Å². The Morgan fingerprint density at radius 2 is 2.20 bits per heavy atom. The summed E-state index contributed by atoms with van der Waals surface area (Å²) >= 11 is 0. The molecule has 2 atom stereocenters. The molecule has 0 unspecified atom stereocenters. The number of hydrogen-bond donors (Lipinski definition) is 1. The van der Waals surface area contributed by atoms with Gasteiger partial charge in [-0.3, -0.25) is 9.69 Å². The lowest BCUT2D eigenvalue weighted by Crippen LogP contribution is -2.39. The zero-order valence-electron chi connectivity index (χ0n) is 10.1. The van der Waals surface area contributed by atoms with E-state index in [0.29, 0.717) is 24.9 Å². The summed E-state index contributed by atoms with van der Waals surface area (Å²) in [4.78, 5) is 13.7. The molecule has 1 aliphatic heterocycles. The third-order valence-electron chi connectivity index (χ3n) is 3.30. The van der Waals surface area contributed by atoms with Crippen LogP contribution in [0.2, 0.25) is 0 Å². The van der Waals surface area contributed by atoms with E-state index in [1.165, 1.54) is 6.42 Å². The zero-order chi connectivity index (χ0) is 11.4. The number of aliphatic hydroxyl groups is 1. The maximum absolute atomic E-state index is 11.3. The van der Waals surface area contributed by atoms with Gasteiger partial charge in [0.25, 0.3) is 0 Å². The fourth-order valence-electron chi connectivity index (χ4n) is 2.42. The standard InChI is InChI=1S/C12H23NO2/c1-4-11(14)12(15)8-10-6-5-7-13(10)9(2)3/h9-10,12,15H,4-8H2,1-3H3/t10-,12-/m0/s1. The van der Waals surface area contributed by atoms with Gasteiger partial charge in [-0.05, 0) is 39.7 Å². The van der Waals surface area contributed by atoms with Crippen molar-refractivity contribution in [1.29, 1.82) is 0 Å². The molecule has 15 heavy (non-hydrogen) atoms. The molecule has 1 aliphatic rings. The topological polar surface area (TPSA) is 40.5 Å². The Hall–Kier alpha value is -0.410. The third kappa shape index (κ3) is 3.28. The molecule has 0 spiro atoms. The molecule has 0 aromatic rings. The number of rotatable bonds is 5. The van der Waals surface area contributed by atoms with E-state index in [9.17, 15) is 9.90 Å². The highest BCUT2D eigenvalue weighted by atomic mass is 16.3. The van der Waals surface area contributed by atoms with Gasteiger partial charge in [-0.15, -0.1) is 0 Å². The van der Waals surface area contributed by atoms with E-state index in [4.69, 9.17) is 0 Å². The number of likely N-dealkylation sites (tertiary alicyclic amines) is 1. The molecule has 1 saturated heterocycles. The van der Waals surface area contributed by atoms with Gasteiger partial charge in [0.1, 0.15) is 6.10 Å². The molecule has 88 valence electrons. The van der Waals surface area contributed by atoms with Crippen LogP contribution in [0.5, 0.6) is 0 Å². The van der Waals surface area contributed by atoms with Crippen molar-refractivity contribution in [2.24, 2.45) is 0 Å². The Labute approximate surface area is 92.5 Å². The second-order valence-corrected chi connectivity index (χ2v) is 4.70. The van der Waals surface area contributed by atoms with Crippen molar-refractivity contribution in [3.8, 4) is 0 Å². The molecule has 0 aromatic carbocycles. The average Bonchev–Trinajstić information content (AvgIpc) is 2.64. The number of aliphatic hydroxyl groups excluding tert-OH is 1. The van der Waals surface area contributed by atoms with E-state index < -0.39 is 6.10 Å². The van der Waals surface area contributed by atoms with E-state index in [1.54, 1.807) is 6.92 Å². The predicted molar refractivity (Wildman–Crippen MR) is 60.8 cm³/mol. The van der Waals surface area contributed by atoms with Crippen LogP contribution in [-0.2, 0) is 4.79 Å². The second-order valence-electron chi connectivity index (χ2n) is 4.70. The molecule has 0 aliphatic carbocycles. The van der Waals surface area contributed by atoms with E-state index in [1.807, 2.05) is 0 Å². The largest absolute Gasteiger partial charge is 0.385 e. The first kappa shape index (κ1) is 12.7. The van der Waals surface area contributed by atoms with Gasteiger partial charge in [-0.2, -0.15) is 0 Å². The van der Waals surface area contributed by atoms with Crippen molar-refractivity contribution < 1.29 is 9.90 Å². The summed E-state index contributed by atoms with van der Waals surface area (Å²) in [6.45, 7) is 7.26. The Bertz CT molecular complexity index is 216. The molecule has 0 amide bonds. The highest BCUT2D eigenvalue weighted by Crippen LogP contribution is 2.23. The quantitative estimate of drug-likeness (QED) is 0.754. The van der Waals surface area contributed by atoms with Crippen LogP contribution in [0.4, 0.5) is 0 Å². The minimum Gasteiger partial charge on any atom is -0.385 e. The van der Waals surface area contributed by atoms with Gasteiger partial charge in [-0.25, -0.2) is 0 Å². The van der Waals surface area contributed by atoms with Crippen molar-refractivity contribution in [3.05, 3.63) is 0 Å². The maximum atomic E-state index is 11.3. The Kier molecular flexibility index (Phi) is 4.74. The highest BCUT2D eigenvalue weighted by Gasteiger charge is 2.29. The summed E-state index contributed by atoms with van der Waals surface area (Å²) in [6, 6.07) is 0.914. The Balaban J connectivity index is 2.46. The molecule has 1 N–H and O–H groups in total. The van der Waals surface area contributed by atoms with E-state index >= 15 is 0 Å². The molecule has 3 nitrogen and oxygen atoms in total. The smallest absolute Gasteiger partial charge is 0.161 e. The molecule has 1 fully saturated rings. The van der Waals surface area contributed by atoms with Crippen LogP contribution in [0.1, 0.15) is 46.5 Å². The minimum absolute atomic E-state index is 0.0226. The number of Topliss-reactive ketones (excluding diaryl/α,β-unsaturated/α-hetero) is 1. The van der Waals surface area contributed by atoms with Crippen LogP contribution in [0.3, 0.4) is 0 Å². The lowest BCUT2D eigenvalue weighted by molar-refractivity contribution is -0.127. The zero-order valence-corrected chi connectivity index (χ0v) is 10.1. The van der Waals surface area contributed by atoms with Gasteiger partial charge in [0.2, 0.25) is 0 Å². The Morgan fingerprint density at radius 1 is 1.53 bits per heavy atom. The monoisotopic (exact) mass is 213 g/mol. The van der Waals surface area contributed by atoms with Crippen molar-refractivity contribution >= 4 is 5.78 Å². The lowest BCUT2D eigenvalue weighted by Gasteiger charge is -2.29. The van der Waals surface area contributed by atoms with Crippen molar-refractivity contribution in [1.82, 2.24) is 4.90 Å². The number of ketones is 1.